The topological polar surface area (TPSA) is 71.1 Å². The average Bonchev–Trinajstić information content (AvgIpc) is 2.16. The van der Waals surface area contributed by atoms with Gasteiger partial charge in [-0.05, 0) is 18.6 Å². The molecule has 4 N–H and O–H groups in total. The van der Waals surface area contributed by atoms with Gasteiger partial charge in [0.15, 0.2) is 0 Å². The van der Waals surface area contributed by atoms with Crippen LogP contribution in [0.4, 0.5) is 0 Å². The van der Waals surface area contributed by atoms with Gasteiger partial charge in [0.25, 0.3) is 0 Å². The molecule has 1 heterocycles. The summed E-state index contributed by atoms with van der Waals surface area (Å²) in [5, 5.41) is 9.98. The molecule has 4 heteroatoms. The third-order valence-electron chi connectivity index (χ3n) is 1.71. The summed E-state index contributed by atoms with van der Waals surface area (Å²) >= 11 is 0. The Kier molecular flexibility index (Phi) is 2.74. The lowest BCUT2D eigenvalue weighted by molar-refractivity contribution is 0.295. The predicted molar refractivity (Wildman–Crippen MR) is 52.0 cm³/mol. The number of ether oxygens (including phenoxy) is 1. The first kappa shape index (κ1) is 9.38. The second-order valence-electron chi connectivity index (χ2n) is 2.72. The highest BCUT2D eigenvalue weighted by Crippen LogP contribution is 2.16. The van der Waals surface area contributed by atoms with Crippen molar-refractivity contribution in [2.75, 3.05) is 7.11 Å². The minimum Gasteiger partial charge on any atom is -0.494 e. The van der Waals surface area contributed by atoms with E-state index in [4.69, 9.17) is 15.9 Å². The molecule has 0 unspecified atom stereocenters. The van der Waals surface area contributed by atoms with Gasteiger partial charge in [0.1, 0.15) is 11.5 Å². The van der Waals surface area contributed by atoms with Crippen LogP contribution in [0.25, 0.3) is 0 Å². The maximum Gasteiger partial charge on any atom is 0.144 e. The molecule has 0 aromatic rings. The van der Waals surface area contributed by atoms with Crippen LogP contribution in [0, 0.1) is 5.41 Å². The SMILES string of the molecule is COC1=CC(C)=CN/C1=C(/N)C=N. The van der Waals surface area contributed by atoms with Crippen LogP contribution in [-0.2, 0) is 4.74 Å². The average molecular weight is 179 g/mol. The molecule has 4 nitrogen and oxygen atoms in total. The molecule has 0 saturated carbocycles. The van der Waals surface area contributed by atoms with Crippen molar-refractivity contribution in [2.24, 2.45) is 5.73 Å². The fourth-order valence-electron chi connectivity index (χ4n) is 1.04. The highest BCUT2D eigenvalue weighted by molar-refractivity contribution is 5.77. The smallest absolute Gasteiger partial charge is 0.144 e. The van der Waals surface area contributed by atoms with E-state index in [0.717, 1.165) is 11.8 Å². The zero-order chi connectivity index (χ0) is 9.84. The van der Waals surface area contributed by atoms with Crippen molar-refractivity contribution >= 4 is 6.21 Å². The summed E-state index contributed by atoms with van der Waals surface area (Å²) in [7, 11) is 1.57. The lowest BCUT2D eigenvalue weighted by Crippen LogP contribution is -2.19. The lowest BCUT2D eigenvalue weighted by Gasteiger charge is -2.17. The van der Waals surface area contributed by atoms with Crippen LogP contribution < -0.4 is 11.1 Å². The first-order chi connectivity index (χ1) is 6.19. The largest absolute Gasteiger partial charge is 0.494 e. The Morgan fingerprint density at radius 2 is 2.38 bits per heavy atom. The molecule has 1 aliphatic heterocycles. The van der Waals surface area contributed by atoms with Crippen LogP contribution in [0.1, 0.15) is 6.92 Å². The molecule has 0 bridgehead atoms. The molecule has 1 aliphatic rings. The molecular formula is C9H13N3O. The van der Waals surface area contributed by atoms with E-state index in [0.29, 0.717) is 17.2 Å². The number of methoxy groups -OCH3 is 1. The molecule has 1 rings (SSSR count). The monoisotopic (exact) mass is 179 g/mol. The first-order valence-corrected chi connectivity index (χ1v) is 3.88. The van der Waals surface area contributed by atoms with Gasteiger partial charge in [-0.25, -0.2) is 0 Å². The molecular weight excluding hydrogens is 166 g/mol. The normalized spacial score (nSPS) is 19.5. The van der Waals surface area contributed by atoms with E-state index in [-0.39, 0.29) is 0 Å². The highest BCUT2D eigenvalue weighted by atomic mass is 16.5. The van der Waals surface area contributed by atoms with Gasteiger partial charge in [0.2, 0.25) is 0 Å². The van der Waals surface area contributed by atoms with Gasteiger partial charge >= 0.3 is 0 Å². The molecule has 0 spiro atoms. The van der Waals surface area contributed by atoms with E-state index in [1.54, 1.807) is 7.11 Å². The van der Waals surface area contributed by atoms with Gasteiger partial charge in [-0.3, -0.25) is 0 Å². The first-order valence-electron chi connectivity index (χ1n) is 3.88. The van der Waals surface area contributed by atoms with Crippen molar-refractivity contribution < 1.29 is 4.74 Å². The fourth-order valence-corrected chi connectivity index (χ4v) is 1.04. The summed E-state index contributed by atoms with van der Waals surface area (Å²) in [6.07, 6.45) is 4.76. The quantitative estimate of drug-likeness (QED) is 0.550. The number of hydrogen-bond donors (Lipinski definition) is 3. The molecule has 70 valence electrons. The van der Waals surface area contributed by atoms with Crippen molar-refractivity contribution in [3.05, 3.63) is 35.0 Å². The molecule has 13 heavy (non-hydrogen) atoms. The van der Waals surface area contributed by atoms with Crippen LogP contribution in [0.2, 0.25) is 0 Å². The van der Waals surface area contributed by atoms with Gasteiger partial charge in [-0.1, -0.05) is 0 Å². The van der Waals surface area contributed by atoms with E-state index in [1.807, 2.05) is 19.2 Å². The summed E-state index contributed by atoms with van der Waals surface area (Å²) in [4.78, 5) is 0. The molecule has 0 amide bonds. The predicted octanol–water partition coefficient (Wildman–Crippen LogP) is 0.844. The summed E-state index contributed by atoms with van der Waals surface area (Å²) < 4.78 is 5.11. The third kappa shape index (κ3) is 1.90. The molecule has 0 radical (unpaired) electrons. The van der Waals surface area contributed by atoms with Crippen molar-refractivity contribution in [2.45, 2.75) is 6.92 Å². The number of dihydropyridines is 1. The second-order valence-corrected chi connectivity index (χ2v) is 2.72. The van der Waals surface area contributed by atoms with Crippen LogP contribution >= 0.6 is 0 Å². The molecule has 0 aliphatic carbocycles. The molecule has 0 fully saturated rings. The number of hydrogen-bond acceptors (Lipinski definition) is 4. The van der Waals surface area contributed by atoms with Crippen LogP contribution in [-0.4, -0.2) is 13.3 Å². The number of nitrogens with one attached hydrogen (secondary N) is 2. The Morgan fingerprint density at radius 3 is 2.92 bits per heavy atom. The Hall–Kier alpha value is -1.71. The Bertz CT molecular complexity index is 313. The van der Waals surface area contributed by atoms with Gasteiger partial charge in [-0.2, -0.15) is 0 Å². The summed E-state index contributed by atoms with van der Waals surface area (Å²) in [6.45, 7) is 1.95. The summed E-state index contributed by atoms with van der Waals surface area (Å²) in [5.74, 6) is 0.654. The zero-order valence-electron chi connectivity index (χ0n) is 7.72. The number of rotatable bonds is 2. The summed E-state index contributed by atoms with van der Waals surface area (Å²) in [5.41, 5.74) is 7.64. The van der Waals surface area contributed by atoms with E-state index in [1.165, 1.54) is 0 Å². The second kappa shape index (κ2) is 3.80. The van der Waals surface area contributed by atoms with Crippen molar-refractivity contribution in [3.63, 3.8) is 0 Å². The fraction of sp³-hybridized carbons (Fsp3) is 0.222. The van der Waals surface area contributed by atoms with Gasteiger partial charge < -0.3 is 21.2 Å². The van der Waals surface area contributed by atoms with E-state index in [9.17, 15) is 0 Å². The number of allylic oxidation sites excluding steroid dienone is 3. The number of nitrogens with two attached hydrogens (primary N) is 1. The van der Waals surface area contributed by atoms with Crippen molar-refractivity contribution in [3.8, 4) is 0 Å². The minimum atomic E-state index is 0.358. The minimum absolute atomic E-state index is 0.358. The zero-order valence-corrected chi connectivity index (χ0v) is 7.72. The Morgan fingerprint density at radius 1 is 1.69 bits per heavy atom. The van der Waals surface area contributed by atoms with Crippen LogP contribution in [0.3, 0.4) is 0 Å². The third-order valence-corrected chi connectivity index (χ3v) is 1.71. The van der Waals surface area contributed by atoms with Crippen molar-refractivity contribution in [1.29, 1.82) is 5.41 Å². The van der Waals surface area contributed by atoms with Gasteiger partial charge in [-0.15, -0.1) is 0 Å². The van der Waals surface area contributed by atoms with E-state index in [2.05, 4.69) is 5.32 Å². The van der Waals surface area contributed by atoms with Crippen LogP contribution in [0.5, 0.6) is 0 Å². The Balaban J connectivity index is 3.06. The lowest BCUT2D eigenvalue weighted by atomic mass is 10.1. The summed E-state index contributed by atoms with van der Waals surface area (Å²) in [6, 6.07) is 0. The maximum absolute atomic E-state index is 7.01. The van der Waals surface area contributed by atoms with Gasteiger partial charge in [0, 0.05) is 12.4 Å². The molecule has 0 aromatic carbocycles. The van der Waals surface area contributed by atoms with Gasteiger partial charge in [0.05, 0.1) is 12.8 Å². The van der Waals surface area contributed by atoms with Crippen molar-refractivity contribution in [1.82, 2.24) is 5.32 Å². The van der Waals surface area contributed by atoms with E-state index >= 15 is 0 Å². The molecule has 0 atom stereocenters. The standard InChI is InChI=1S/C9H13N3O/c1-6-3-8(13-2)9(12-5-6)7(11)4-10/h3-5,10,12H,11H2,1-2H3/b9-7+,10-4?. The highest BCUT2D eigenvalue weighted by Gasteiger charge is 2.11. The Labute approximate surface area is 77.3 Å². The van der Waals surface area contributed by atoms with E-state index < -0.39 is 0 Å². The maximum atomic E-state index is 7.01. The molecule has 0 aromatic heterocycles. The molecule has 0 saturated heterocycles. The van der Waals surface area contributed by atoms with Crippen LogP contribution in [0.15, 0.2) is 35.0 Å².